The molecule has 2 saturated heterocycles. The van der Waals surface area contributed by atoms with Crippen LogP contribution in [0.4, 0.5) is 5.69 Å². The average Bonchev–Trinajstić information content (AvgIpc) is 2.82. The molecule has 3 N–H and O–H groups in total. The number of anilines is 1. The van der Waals surface area contributed by atoms with Gasteiger partial charge in [-0.2, -0.15) is 0 Å². The highest BCUT2D eigenvalue weighted by Gasteiger charge is 2.36. The Kier molecular flexibility index (Phi) is 7.09. The van der Waals surface area contributed by atoms with E-state index in [1.807, 2.05) is 18.3 Å². The Bertz CT molecular complexity index is 988. The van der Waals surface area contributed by atoms with Gasteiger partial charge in [-0.15, -0.1) is 0 Å². The maximum Gasteiger partial charge on any atom is 0.223 e. The van der Waals surface area contributed by atoms with Gasteiger partial charge in [-0.25, -0.2) is 0 Å². The number of nitrogens with zero attached hydrogens (tertiary/aromatic N) is 5. The zero-order valence-electron chi connectivity index (χ0n) is 19.3. The van der Waals surface area contributed by atoms with Crippen LogP contribution in [-0.4, -0.2) is 88.6 Å². The van der Waals surface area contributed by atoms with Crippen LogP contribution in [0.25, 0.3) is 10.9 Å². The van der Waals surface area contributed by atoms with Crippen LogP contribution in [0.2, 0.25) is 0 Å². The summed E-state index contributed by atoms with van der Waals surface area (Å²) >= 11 is 0. The molecular weight excluding hydrogens is 420 g/mol. The highest BCUT2D eigenvalue weighted by molar-refractivity contribution is 5.90. The maximum atomic E-state index is 12.8. The number of carbonyl (C=O) groups excluding carboxylic acids is 2. The zero-order valence-corrected chi connectivity index (χ0v) is 19.3. The first-order valence-corrected chi connectivity index (χ1v) is 11.8. The van der Waals surface area contributed by atoms with E-state index in [2.05, 4.69) is 19.8 Å². The minimum Gasteiger partial charge on any atom is -0.386 e. The molecule has 0 radical (unpaired) electrons. The average molecular weight is 455 g/mol. The zero-order chi connectivity index (χ0) is 23.4. The first kappa shape index (κ1) is 23.4. The summed E-state index contributed by atoms with van der Waals surface area (Å²) in [6, 6.07) is 3.85. The third kappa shape index (κ3) is 5.59. The number of carbonyl (C=O) groups is 2. The summed E-state index contributed by atoms with van der Waals surface area (Å²) in [4.78, 5) is 38.8. The summed E-state index contributed by atoms with van der Waals surface area (Å²) in [5.41, 5.74) is 6.32. The number of aromatic nitrogens is 2. The topological polar surface area (TPSA) is 116 Å². The predicted molar refractivity (Wildman–Crippen MR) is 127 cm³/mol. The van der Waals surface area contributed by atoms with Crippen molar-refractivity contribution in [3.05, 3.63) is 30.7 Å². The van der Waals surface area contributed by atoms with Gasteiger partial charge in [-0.05, 0) is 50.9 Å². The minimum atomic E-state index is -0.972. The fraction of sp³-hybridized carbons (Fsp3) is 0.583. The van der Waals surface area contributed by atoms with Gasteiger partial charge in [-0.3, -0.25) is 19.6 Å². The van der Waals surface area contributed by atoms with Crippen molar-refractivity contribution in [2.45, 2.75) is 37.7 Å². The third-order valence-electron chi connectivity index (χ3n) is 7.01. The molecule has 0 saturated carbocycles. The summed E-state index contributed by atoms with van der Waals surface area (Å²) < 4.78 is 0. The molecule has 2 aromatic rings. The summed E-state index contributed by atoms with van der Waals surface area (Å²) in [6.07, 6.45) is 8.74. The van der Waals surface area contributed by atoms with Gasteiger partial charge in [0.15, 0.2) is 0 Å². The molecule has 1 unspecified atom stereocenters. The number of amides is 2. The Morgan fingerprint density at radius 1 is 1.24 bits per heavy atom. The van der Waals surface area contributed by atoms with Crippen molar-refractivity contribution in [3.8, 4) is 0 Å². The van der Waals surface area contributed by atoms with Gasteiger partial charge in [-0.1, -0.05) is 0 Å². The molecule has 33 heavy (non-hydrogen) atoms. The summed E-state index contributed by atoms with van der Waals surface area (Å²) in [7, 11) is 1.77. The Morgan fingerprint density at radius 3 is 2.79 bits per heavy atom. The van der Waals surface area contributed by atoms with Crippen LogP contribution in [0.1, 0.15) is 32.1 Å². The highest BCUT2D eigenvalue weighted by atomic mass is 16.3. The van der Waals surface area contributed by atoms with Gasteiger partial charge in [0.05, 0.1) is 17.7 Å². The Labute approximate surface area is 194 Å². The molecule has 2 aromatic heterocycles. The maximum absolute atomic E-state index is 12.8. The van der Waals surface area contributed by atoms with Gasteiger partial charge in [0.25, 0.3) is 0 Å². The highest BCUT2D eigenvalue weighted by Crippen LogP contribution is 2.31. The molecule has 9 nitrogen and oxygen atoms in total. The molecule has 4 rings (SSSR count). The molecule has 9 heteroatoms. The van der Waals surface area contributed by atoms with Gasteiger partial charge < -0.3 is 25.5 Å². The number of primary amides is 1. The molecule has 2 aliphatic heterocycles. The number of rotatable bonds is 7. The molecule has 0 spiro atoms. The number of hydrogen-bond acceptors (Lipinski definition) is 7. The number of nitrogens with two attached hydrogens (primary N) is 1. The van der Waals surface area contributed by atoms with Crippen molar-refractivity contribution in [1.29, 1.82) is 0 Å². The van der Waals surface area contributed by atoms with Gasteiger partial charge in [0.2, 0.25) is 11.8 Å². The smallest absolute Gasteiger partial charge is 0.223 e. The van der Waals surface area contributed by atoms with Crippen LogP contribution < -0.4 is 10.6 Å². The van der Waals surface area contributed by atoms with Gasteiger partial charge in [0, 0.05) is 68.7 Å². The molecule has 1 atom stereocenters. The molecule has 2 fully saturated rings. The minimum absolute atomic E-state index is 0.0242. The number of β-amino-alcohol motifs (C(OH)–C–C–N with tert-alkyl or cyclic N) is 1. The van der Waals surface area contributed by atoms with Crippen LogP contribution in [-0.2, 0) is 9.59 Å². The molecule has 2 aliphatic rings. The van der Waals surface area contributed by atoms with E-state index in [1.54, 1.807) is 24.3 Å². The van der Waals surface area contributed by atoms with Crippen molar-refractivity contribution >= 4 is 28.4 Å². The first-order valence-electron chi connectivity index (χ1n) is 11.8. The first-order chi connectivity index (χ1) is 15.8. The van der Waals surface area contributed by atoms with E-state index in [0.717, 1.165) is 55.5 Å². The van der Waals surface area contributed by atoms with Crippen LogP contribution in [0.5, 0.6) is 0 Å². The molecule has 2 amide bonds. The van der Waals surface area contributed by atoms with E-state index in [1.165, 1.54) is 0 Å². The van der Waals surface area contributed by atoms with Crippen molar-refractivity contribution in [2.24, 2.45) is 11.7 Å². The quantitative estimate of drug-likeness (QED) is 0.641. The monoisotopic (exact) mass is 454 g/mol. The van der Waals surface area contributed by atoms with Crippen molar-refractivity contribution in [3.63, 3.8) is 0 Å². The van der Waals surface area contributed by atoms with Crippen molar-refractivity contribution < 1.29 is 14.7 Å². The predicted octanol–water partition coefficient (Wildman–Crippen LogP) is 1.01. The van der Waals surface area contributed by atoms with E-state index in [9.17, 15) is 14.7 Å². The standard InChI is InChI=1S/C24H34N6O3/c1-28(22(31)7-14-29-12-5-18(6-13-29)23(25)32)16-24(33)8-2-11-30(17-24)21-4-10-27-20-3-9-26-15-19(20)21/h3-4,9-10,15,18,33H,2,5-8,11-14,16-17H2,1H3,(H2,25,32). The number of likely N-dealkylation sites (N-methyl/N-ethyl adjacent to an activating group) is 1. The lowest BCUT2D eigenvalue weighted by atomic mass is 9.91. The summed E-state index contributed by atoms with van der Waals surface area (Å²) in [6.45, 7) is 3.84. The summed E-state index contributed by atoms with van der Waals surface area (Å²) in [5, 5.41) is 12.3. The van der Waals surface area contributed by atoms with E-state index in [0.29, 0.717) is 32.5 Å². The number of likely N-dealkylation sites (tertiary alicyclic amines) is 1. The van der Waals surface area contributed by atoms with Crippen LogP contribution in [0.3, 0.4) is 0 Å². The number of piperidine rings is 2. The number of hydrogen-bond donors (Lipinski definition) is 2. The molecule has 4 heterocycles. The van der Waals surface area contributed by atoms with E-state index >= 15 is 0 Å². The molecule has 0 bridgehead atoms. The SMILES string of the molecule is CN(CC1(O)CCCN(c2ccnc3ccncc23)C1)C(=O)CCN1CCC(C(N)=O)CC1. The largest absolute Gasteiger partial charge is 0.386 e. The van der Waals surface area contributed by atoms with Crippen LogP contribution >= 0.6 is 0 Å². The lowest BCUT2D eigenvalue weighted by molar-refractivity contribution is -0.134. The van der Waals surface area contributed by atoms with Crippen LogP contribution in [0.15, 0.2) is 30.7 Å². The molecular formula is C24H34N6O3. The van der Waals surface area contributed by atoms with E-state index in [4.69, 9.17) is 5.73 Å². The molecule has 0 aliphatic carbocycles. The Hall–Kier alpha value is -2.78. The fourth-order valence-corrected chi connectivity index (χ4v) is 5.11. The number of fused-ring (bicyclic) bond motifs is 1. The van der Waals surface area contributed by atoms with Crippen LogP contribution in [0, 0.1) is 5.92 Å². The van der Waals surface area contributed by atoms with Gasteiger partial charge in [0.1, 0.15) is 0 Å². The van der Waals surface area contributed by atoms with E-state index < -0.39 is 5.60 Å². The lowest BCUT2D eigenvalue weighted by Crippen LogP contribution is -2.55. The second kappa shape index (κ2) is 10.0. The van der Waals surface area contributed by atoms with Crippen molar-refractivity contribution in [1.82, 2.24) is 19.8 Å². The molecule has 178 valence electrons. The van der Waals surface area contributed by atoms with E-state index in [-0.39, 0.29) is 17.7 Å². The Morgan fingerprint density at radius 2 is 2.03 bits per heavy atom. The van der Waals surface area contributed by atoms with Crippen molar-refractivity contribution in [2.75, 3.05) is 51.2 Å². The second-order valence-electron chi connectivity index (χ2n) is 9.49. The Balaban J connectivity index is 1.32. The number of pyridine rings is 2. The second-order valence-corrected chi connectivity index (χ2v) is 9.49. The molecule has 0 aromatic carbocycles. The fourth-order valence-electron chi connectivity index (χ4n) is 5.11. The lowest BCUT2D eigenvalue weighted by Gasteiger charge is -2.42. The normalized spacial score (nSPS) is 22.4. The number of aliphatic hydroxyl groups is 1. The summed E-state index contributed by atoms with van der Waals surface area (Å²) in [5.74, 6) is -0.246. The third-order valence-corrected chi connectivity index (χ3v) is 7.01. The van der Waals surface area contributed by atoms with Gasteiger partial charge >= 0.3 is 0 Å².